The number of hydrogen-bond acceptors (Lipinski definition) is 5. The molecular weight excluding hydrogens is 402 g/mol. The Morgan fingerprint density at radius 2 is 2.04 bits per heavy atom. The third kappa shape index (κ3) is 7.47. The fourth-order valence-corrected chi connectivity index (χ4v) is 4.07. The summed E-state index contributed by atoms with van der Waals surface area (Å²) in [5, 5.41) is 6.54. The first kappa shape index (κ1) is 21.6. The Hall–Kier alpha value is -1.65. The van der Waals surface area contributed by atoms with Gasteiger partial charge in [-0.25, -0.2) is 8.42 Å². The van der Waals surface area contributed by atoms with Gasteiger partial charge in [0.15, 0.2) is 15.8 Å². The number of nitrogens with zero attached hydrogens (tertiary/aromatic N) is 2. The Morgan fingerprint density at radius 3 is 2.67 bits per heavy atom. The van der Waals surface area contributed by atoms with Crippen LogP contribution in [0.4, 0.5) is 8.78 Å². The van der Waals surface area contributed by atoms with E-state index in [0.717, 1.165) is 0 Å². The molecule has 11 heteroatoms. The molecule has 0 atom stereocenters. The van der Waals surface area contributed by atoms with Gasteiger partial charge in [-0.1, -0.05) is 11.6 Å². The Labute approximate surface area is 162 Å². The van der Waals surface area contributed by atoms with E-state index in [9.17, 15) is 17.2 Å². The molecule has 1 aliphatic rings. The summed E-state index contributed by atoms with van der Waals surface area (Å²) in [5.41, 5.74) is 0.479. The quantitative estimate of drug-likeness (QED) is 0.507. The third-order valence-electron chi connectivity index (χ3n) is 4.07. The molecule has 152 valence electrons. The average molecular weight is 425 g/mol. The first-order valence-corrected chi connectivity index (χ1v) is 10.6. The number of ether oxygens (including phenoxy) is 1. The SMILES string of the molecule is CN=C(NCCN1CCS(=O)(=O)CC1)NCc1cc(Cl)ccc1OC(F)F. The Kier molecular flexibility index (Phi) is 8.06. The number of sulfone groups is 1. The van der Waals surface area contributed by atoms with Crippen LogP contribution in [-0.4, -0.2) is 70.6 Å². The molecule has 1 heterocycles. The number of benzene rings is 1. The summed E-state index contributed by atoms with van der Waals surface area (Å²) in [5.74, 6) is 0.901. The molecule has 2 N–H and O–H groups in total. The van der Waals surface area contributed by atoms with Gasteiger partial charge in [-0.2, -0.15) is 8.78 Å². The molecule has 1 aromatic rings. The number of halogens is 3. The molecule has 0 saturated carbocycles. The molecule has 2 rings (SSSR count). The van der Waals surface area contributed by atoms with E-state index < -0.39 is 16.4 Å². The Balaban J connectivity index is 1.81. The zero-order valence-electron chi connectivity index (χ0n) is 14.9. The summed E-state index contributed by atoms with van der Waals surface area (Å²) in [4.78, 5) is 6.14. The van der Waals surface area contributed by atoms with Crippen LogP contribution in [0.3, 0.4) is 0 Å². The zero-order valence-corrected chi connectivity index (χ0v) is 16.5. The van der Waals surface area contributed by atoms with Gasteiger partial charge in [0.1, 0.15) is 5.75 Å². The minimum atomic E-state index is -2.92. The fraction of sp³-hybridized carbons (Fsp3) is 0.562. The monoisotopic (exact) mass is 424 g/mol. The van der Waals surface area contributed by atoms with Crippen molar-refractivity contribution < 1.29 is 21.9 Å². The van der Waals surface area contributed by atoms with Crippen LogP contribution in [0.2, 0.25) is 5.02 Å². The fourth-order valence-electron chi connectivity index (χ4n) is 2.60. The van der Waals surface area contributed by atoms with Crippen LogP contribution in [0.1, 0.15) is 5.56 Å². The van der Waals surface area contributed by atoms with Gasteiger partial charge in [-0.05, 0) is 18.2 Å². The van der Waals surface area contributed by atoms with Crippen LogP contribution < -0.4 is 15.4 Å². The van der Waals surface area contributed by atoms with Crippen LogP contribution in [0.25, 0.3) is 0 Å². The van der Waals surface area contributed by atoms with Gasteiger partial charge < -0.3 is 15.4 Å². The summed E-state index contributed by atoms with van der Waals surface area (Å²) < 4.78 is 52.4. The van der Waals surface area contributed by atoms with Crippen molar-refractivity contribution in [2.75, 3.05) is 44.7 Å². The summed E-state index contributed by atoms with van der Waals surface area (Å²) in [6.45, 7) is -0.442. The van der Waals surface area contributed by atoms with Crippen molar-refractivity contribution in [1.82, 2.24) is 15.5 Å². The number of rotatable bonds is 7. The normalized spacial score (nSPS) is 17.7. The van der Waals surface area contributed by atoms with E-state index in [1.807, 2.05) is 0 Å². The van der Waals surface area contributed by atoms with E-state index in [1.165, 1.54) is 12.1 Å². The highest BCUT2D eigenvalue weighted by Crippen LogP contribution is 2.24. The molecule has 7 nitrogen and oxygen atoms in total. The predicted octanol–water partition coefficient (Wildman–Crippen LogP) is 1.34. The first-order valence-electron chi connectivity index (χ1n) is 8.39. The number of hydrogen-bond donors (Lipinski definition) is 2. The molecule has 1 fully saturated rings. The number of alkyl halides is 2. The third-order valence-corrected chi connectivity index (χ3v) is 5.91. The molecule has 1 aliphatic heterocycles. The van der Waals surface area contributed by atoms with Gasteiger partial charge >= 0.3 is 6.61 Å². The molecule has 27 heavy (non-hydrogen) atoms. The van der Waals surface area contributed by atoms with E-state index in [-0.39, 0.29) is 23.8 Å². The zero-order chi connectivity index (χ0) is 19.9. The number of guanidine groups is 1. The lowest BCUT2D eigenvalue weighted by molar-refractivity contribution is -0.0504. The van der Waals surface area contributed by atoms with Crippen molar-refractivity contribution in [2.45, 2.75) is 13.2 Å². The van der Waals surface area contributed by atoms with E-state index in [1.54, 1.807) is 13.1 Å². The van der Waals surface area contributed by atoms with Crippen LogP contribution in [0.5, 0.6) is 5.75 Å². The van der Waals surface area contributed by atoms with Crippen molar-refractivity contribution in [3.8, 4) is 5.75 Å². The Morgan fingerprint density at radius 1 is 1.33 bits per heavy atom. The number of nitrogens with one attached hydrogen (secondary N) is 2. The summed E-state index contributed by atoms with van der Waals surface area (Å²) in [7, 11) is -1.30. The van der Waals surface area contributed by atoms with Crippen molar-refractivity contribution in [1.29, 1.82) is 0 Å². The molecule has 1 aromatic carbocycles. The van der Waals surface area contributed by atoms with Gasteiger partial charge in [0.05, 0.1) is 11.5 Å². The van der Waals surface area contributed by atoms with Gasteiger partial charge in [0.25, 0.3) is 0 Å². The molecule has 0 bridgehead atoms. The van der Waals surface area contributed by atoms with Gasteiger partial charge in [0, 0.05) is 50.4 Å². The van der Waals surface area contributed by atoms with Gasteiger partial charge in [-0.3, -0.25) is 9.89 Å². The standard InChI is InChI=1S/C16H23ClF2N4O3S/c1-20-16(21-4-5-23-6-8-27(24,25)9-7-23)22-11-12-10-13(17)2-3-14(12)26-15(18)19/h2-3,10,15H,4-9,11H2,1H3,(H2,20,21,22). The molecule has 0 unspecified atom stereocenters. The Bertz CT molecular complexity index is 748. The van der Waals surface area contributed by atoms with E-state index in [2.05, 4.69) is 25.3 Å². The highest BCUT2D eigenvalue weighted by molar-refractivity contribution is 7.91. The summed E-state index contributed by atoms with van der Waals surface area (Å²) in [6.07, 6.45) is 0. The summed E-state index contributed by atoms with van der Waals surface area (Å²) >= 11 is 5.93. The van der Waals surface area contributed by atoms with Crippen molar-refractivity contribution in [3.05, 3.63) is 28.8 Å². The second-order valence-electron chi connectivity index (χ2n) is 5.98. The van der Waals surface area contributed by atoms with E-state index in [0.29, 0.717) is 42.7 Å². The van der Waals surface area contributed by atoms with Gasteiger partial charge in [0.2, 0.25) is 0 Å². The highest BCUT2D eigenvalue weighted by Gasteiger charge is 2.21. The van der Waals surface area contributed by atoms with E-state index >= 15 is 0 Å². The minimum absolute atomic E-state index is 0.0480. The second-order valence-corrected chi connectivity index (χ2v) is 8.72. The lowest BCUT2D eigenvalue weighted by Crippen LogP contribution is -2.45. The molecule has 0 aliphatic carbocycles. The molecular formula is C16H23ClF2N4O3S. The summed E-state index contributed by atoms with van der Waals surface area (Å²) in [6, 6.07) is 4.43. The average Bonchev–Trinajstić information content (AvgIpc) is 2.61. The van der Waals surface area contributed by atoms with Gasteiger partial charge in [-0.15, -0.1) is 0 Å². The lowest BCUT2D eigenvalue weighted by Gasteiger charge is -2.26. The molecule has 0 spiro atoms. The van der Waals surface area contributed by atoms with Crippen LogP contribution in [-0.2, 0) is 16.4 Å². The molecule has 0 radical (unpaired) electrons. The predicted molar refractivity (Wildman–Crippen MR) is 101 cm³/mol. The molecule has 0 amide bonds. The molecule has 1 saturated heterocycles. The smallest absolute Gasteiger partial charge is 0.387 e. The van der Waals surface area contributed by atoms with Crippen LogP contribution >= 0.6 is 11.6 Å². The van der Waals surface area contributed by atoms with E-state index in [4.69, 9.17) is 11.6 Å². The number of aliphatic imine (C=N–C) groups is 1. The topological polar surface area (TPSA) is 83.0 Å². The maximum Gasteiger partial charge on any atom is 0.387 e. The highest BCUT2D eigenvalue weighted by atomic mass is 35.5. The van der Waals surface area contributed by atoms with Crippen LogP contribution in [0.15, 0.2) is 23.2 Å². The van der Waals surface area contributed by atoms with Crippen LogP contribution in [0, 0.1) is 0 Å². The lowest BCUT2D eigenvalue weighted by atomic mass is 10.2. The molecule has 0 aromatic heterocycles. The maximum atomic E-state index is 12.5. The van der Waals surface area contributed by atoms with Crippen molar-refractivity contribution in [3.63, 3.8) is 0 Å². The first-order chi connectivity index (χ1) is 12.8. The second kappa shape index (κ2) is 10.0. The maximum absolute atomic E-state index is 12.5. The minimum Gasteiger partial charge on any atom is -0.434 e. The largest absolute Gasteiger partial charge is 0.434 e. The van der Waals surface area contributed by atoms with Crippen molar-refractivity contribution >= 4 is 27.4 Å². The van der Waals surface area contributed by atoms with Crippen molar-refractivity contribution in [2.24, 2.45) is 4.99 Å².